The van der Waals surface area contributed by atoms with Gasteiger partial charge in [-0.15, -0.1) is 11.6 Å². The maximum absolute atomic E-state index is 11.8. The Morgan fingerprint density at radius 1 is 1.44 bits per heavy atom. The number of aryl methyl sites for hydroxylation is 2. The summed E-state index contributed by atoms with van der Waals surface area (Å²) in [6.07, 6.45) is 0.580. The molecular weight excluding hydrogens is 222 g/mol. The summed E-state index contributed by atoms with van der Waals surface area (Å²) < 4.78 is 0. The molecule has 16 heavy (non-hydrogen) atoms. The number of carbonyl (C=O) groups excluding carboxylic acids is 1. The van der Waals surface area contributed by atoms with Crippen molar-refractivity contribution in [2.45, 2.75) is 20.3 Å². The first-order valence-corrected chi connectivity index (χ1v) is 6.09. The van der Waals surface area contributed by atoms with Gasteiger partial charge in [-0.3, -0.25) is 4.79 Å². The number of carbonyl (C=O) groups is 1. The van der Waals surface area contributed by atoms with Gasteiger partial charge in [0.15, 0.2) is 0 Å². The molecule has 0 aromatic heterocycles. The van der Waals surface area contributed by atoms with Crippen LogP contribution in [0.3, 0.4) is 0 Å². The van der Waals surface area contributed by atoms with Gasteiger partial charge >= 0.3 is 0 Å². The Morgan fingerprint density at radius 3 is 2.75 bits per heavy atom. The van der Waals surface area contributed by atoms with Gasteiger partial charge in [-0.05, 0) is 31.4 Å². The van der Waals surface area contributed by atoms with Gasteiger partial charge in [-0.1, -0.05) is 17.7 Å². The van der Waals surface area contributed by atoms with Gasteiger partial charge in [0.2, 0.25) is 5.91 Å². The molecule has 0 aliphatic carbocycles. The summed E-state index contributed by atoms with van der Waals surface area (Å²) in [4.78, 5) is 13.7. The van der Waals surface area contributed by atoms with Crippen molar-refractivity contribution in [2.75, 3.05) is 17.3 Å². The van der Waals surface area contributed by atoms with Crippen LogP contribution in [0.2, 0.25) is 0 Å². The molecule has 1 fully saturated rings. The SMILES string of the molecule is Cc1ccc(N2CC(CCl)CC2=O)c(C)c1. The van der Waals surface area contributed by atoms with Crippen molar-refractivity contribution in [3.05, 3.63) is 29.3 Å². The Kier molecular flexibility index (Phi) is 3.20. The Morgan fingerprint density at radius 2 is 2.19 bits per heavy atom. The van der Waals surface area contributed by atoms with Crippen LogP contribution in [-0.4, -0.2) is 18.3 Å². The number of halogens is 1. The highest BCUT2D eigenvalue weighted by atomic mass is 35.5. The smallest absolute Gasteiger partial charge is 0.227 e. The normalized spacial score (nSPS) is 20.6. The predicted molar refractivity (Wildman–Crippen MR) is 67.1 cm³/mol. The summed E-state index contributed by atoms with van der Waals surface area (Å²) in [7, 11) is 0. The average molecular weight is 238 g/mol. The molecule has 1 atom stereocenters. The lowest BCUT2D eigenvalue weighted by atomic mass is 10.1. The van der Waals surface area contributed by atoms with E-state index in [1.54, 1.807) is 0 Å². The van der Waals surface area contributed by atoms with Crippen molar-refractivity contribution in [3.63, 3.8) is 0 Å². The molecule has 0 spiro atoms. The minimum absolute atomic E-state index is 0.192. The van der Waals surface area contributed by atoms with Gasteiger partial charge in [0.25, 0.3) is 0 Å². The second-order valence-electron chi connectivity index (χ2n) is 4.52. The van der Waals surface area contributed by atoms with Gasteiger partial charge in [-0.2, -0.15) is 0 Å². The molecule has 1 heterocycles. The van der Waals surface area contributed by atoms with Crippen LogP contribution in [0.15, 0.2) is 18.2 Å². The maximum Gasteiger partial charge on any atom is 0.227 e. The lowest BCUT2D eigenvalue weighted by Crippen LogP contribution is -2.25. The van der Waals surface area contributed by atoms with Crippen LogP contribution in [0.1, 0.15) is 17.5 Å². The second-order valence-corrected chi connectivity index (χ2v) is 4.83. The van der Waals surface area contributed by atoms with Gasteiger partial charge < -0.3 is 4.90 Å². The Bertz CT molecular complexity index is 416. The highest BCUT2D eigenvalue weighted by Gasteiger charge is 2.30. The summed E-state index contributed by atoms with van der Waals surface area (Å²) in [6, 6.07) is 6.18. The molecule has 2 rings (SSSR count). The summed E-state index contributed by atoms with van der Waals surface area (Å²) in [6.45, 7) is 4.86. The summed E-state index contributed by atoms with van der Waals surface area (Å²) >= 11 is 5.81. The zero-order valence-electron chi connectivity index (χ0n) is 9.66. The number of amides is 1. The number of anilines is 1. The summed E-state index contributed by atoms with van der Waals surface area (Å²) in [5, 5.41) is 0. The minimum atomic E-state index is 0.192. The van der Waals surface area contributed by atoms with Crippen LogP contribution in [0.4, 0.5) is 5.69 Å². The molecular formula is C13H16ClNO. The average Bonchev–Trinajstić information content (AvgIpc) is 2.60. The topological polar surface area (TPSA) is 20.3 Å². The lowest BCUT2D eigenvalue weighted by Gasteiger charge is -2.19. The fourth-order valence-corrected chi connectivity index (χ4v) is 2.43. The molecule has 0 bridgehead atoms. The summed E-state index contributed by atoms with van der Waals surface area (Å²) in [5.74, 6) is 1.06. The number of hydrogen-bond donors (Lipinski definition) is 0. The van der Waals surface area contributed by atoms with Crippen molar-refractivity contribution in [3.8, 4) is 0 Å². The van der Waals surface area contributed by atoms with Crippen molar-refractivity contribution >= 4 is 23.2 Å². The minimum Gasteiger partial charge on any atom is -0.312 e. The van der Waals surface area contributed by atoms with E-state index in [1.165, 1.54) is 5.56 Å². The van der Waals surface area contributed by atoms with E-state index < -0.39 is 0 Å². The molecule has 1 aromatic carbocycles. The molecule has 1 amide bonds. The monoisotopic (exact) mass is 237 g/mol. The van der Waals surface area contributed by atoms with E-state index in [1.807, 2.05) is 24.0 Å². The van der Waals surface area contributed by atoms with Crippen molar-refractivity contribution in [1.82, 2.24) is 0 Å². The standard InChI is InChI=1S/C13H16ClNO/c1-9-3-4-12(10(2)5-9)15-8-11(7-14)6-13(15)16/h3-5,11H,6-8H2,1-2H3. The van der Waals surface area contributed by atoms with Crippen LogP contribution in [0.25, 0.3) is 0 Å². The van der Waals surface area contributed by atoms with E-state index in [0.29, 0.717) is 18.2 Å². The third-order valence-electron chi connectivity index (χ3n) is 3.07. The van der Waals surface area contributed by atoms with Gasteiger partial charge in [0.05, 0.1) is 0 Å². The first kappa shape index (κ1) is 11.5. The van der Waals surface area contributed by atoms with E-state index in [2.05, 4.69) is 13.0 Å². The number of benzene rings is 1. The largest absolute Gasteiger partial charge is 0.312 e. The fraction of sp³-hybridized carbons (Fsp3) is 0.462. The molecule has 1 aliphatic heterocycles. The van der Waals surface area contributed by atoms with E-state index in [0.717, 1.165) is 17.8 Å². The number of rotatable bonds is 2. The van der Waals surface area contributed by atoms with Gasteiger partial charge in [-0.25, -0.2) is 0 Å². The van der Waals surface area contributed by atoms with Gasteiger partial charge in [0, 0.05) is 24.5 Å². The number of hydrogen-bond acceptors (Lipinski definition) is 1. The highest BCUT2D eigenvalue weighted by Crippen LogP contribution is 2.28. The Balaban J connectivity index is 2.28. The third-order valence-corrected chi connectivity index (χ3v) is 3.50. The van der Waals surface area contributed by atoms with Crippen LogP contribution < -0.4 is 4.90 Å². The van der Waals surface area contributed by atoms with E-state index in [4.69, 9.17) is 11.6 Å². The first-order valence-electron chi connectivity index (χ1n) is 5.55. The molecule has 1 aromatic rings. The lowest BCUT2D eigenvalue weighted by molar-refractivity contribution is -0.117. The van der Waals surface area contributed by atoms with E-state index >= 15 is 0 Å². The van der Waals surface area contributed by atoms with Crippen LogP contribution in [0, 0.1) is 19.8 Å². The van der Waals surface area contributed by atoms with Crippen LogP contribution in [-0.2, 0) is 4.79 Å². The van der Waals surface area contributed by atoms with Crippen molar-refractivity contribution < 1.29 is 4.79 Å². The van der Waals surface area contributed by atoms with Crippen LogP contribution in [0.5, 0.6) is 0 Å². The Labute approximate surface area is 101 Å². The molecule has 2 nitrogen and oxygen atoms in total. The molecule has 0 N–H and O–H groups in total. The fourth-order valence-electron chi connectivity index (χ4n) is 2.23. The third kappa shape index (κ3) is 2.07. The van der Waals surface area contributed by atoms with Crippen molar-refractivity contribution in [2.24, 2.45) is 5.92 Å². The summed E-state index contributed by atoms with van der Waals surface area (Å²) in [5.41, 5.74) is 3.41. The Hall–Kier alpha value is -1.02. The quantitative estimate of drug-likeness (QED) is 0.725. The molecule has 0 radical (unpaired) electrons. The molecule has 0 saturated carbocycles. The molecule has 1 unspecified atom stereocenters. The zero-order chi connectivity index (χ0) is 11.7. The molecule has 1 aliphatic rings. The maximum atomic E-state index is 11.8. The predicted octanol–water partition coefficient (Wildman–Crippen LogP) is 2.90. The molecule has 1 saturated heterocycles. The van der Waals surface area contributed by atoms with Crippen LogP contribution >= 0.6 is 11.6 Å². The highest BCUT2D eigenvalue weighted by molar-refractivity contribution is 6.18. The second kappa shape index (κ2) is 4.46. The van der Waals surface area contributed by atoms with Crippen molar-refractivity contribution in [1.29, 1.82) is 0 Å². The number of alkyl halides is 1. The van der Waals surface area contributed by atoms with E-state index in [9.17, 15) is 4.79 Å². The first-order chi connectivity index (χ1) is 7.61. The zero-order valence-corrected chi connectivity index (χ0v) is 10.4. The number of nitrogens with zero attached hydrogens (tertiary/aromatic N) is 1. The van der Waals surface area contributed by atoms with Gasteiger partial charge in [0.1, 0.15) is 0 Å². The molecule has 3 heteroatoms. The molecule has 86 valence electrons. The van der Waals surface area contributed by atoms with E-state index in [-0.39, 0.29) is 5.91 Å².